The maximum Gasteiger partial charge on any atom is 0.255 e. The number of H-pyrrole nitrogens is 1. The molecular weight excluding hydrogens is 334 g/mol. The summed E-state index contributed by atoms with van der Waals surface area (Å²) in [6.45, 7) is 1.73. The van der Waals surface area contributed by atoms with E-state index < -0.39 is 6.04 Å². The highest BCUT2D eigenvalue weighted by atomic mass is 16.5. The van der Waals surface area contributed by atoms with Crippen molar-refractivity contribution in [2.75, 3.05) is 7.11 Å². The molecule has 0 saturated heterocycles. The van der Waals surface area contributed by atoms with Crippen molar-refractivity contribution in [3.63, 3.8) is 0 Å². The Balaban J connectivity index is 1.86. The average Bonchev–Trinajstić information content (AvgIpc) is 2.68. The molecular formula is C18H17N5O3. The molecule has 1 aromatic carbocycles. The predicted molar refractivity (Wildman–Crippen MR) is 94.8 cm³/mol. The highest BCUT2D eigenvalue weighted by Crippen LogP contribution is 2.19. The summed E-state index contributed by atoms with van der Waals surface area (Å²) in [5.41, 5.74) is 0.998. The summed E-state index contributed by atoms with van der Waals surface area (Å²) < 4.78 is 5.20. The summed E-state index contributed by atoms with van der Waals surface area (Å²) in [6, 6.07) is 9.37. The first kappa shape index (κ1) is 17.3. The first-order valence-corrected chi connectivity index (χ1v) is 7.90. The third-order valence-electron chi connectivity index (χ3n) is 3.71. The van der Waals surface area contributed by atoms with Crippen molar-refractivity contribution in [1.82, 2.24) is 25.3 Å². The minimum atomic E-state index is -0.526. The number of carbonyl (C=O) groups is 1. The molecule has 0 fully saturated rings. The van der Waals surface area contributed by atoms with E-state index in [0.29, 0.717) is 28.5 Å². The molecule has 0 bridgehead atoms. The van der Waals surface area contributed by atoms with E-state index in [1.807, 2.05) is 0 Å². The lowest BCUT2D eigenvalue weighted by Gasteiger charge is -2.15. The summed E-state index contributed by atoms with van der Waals surface area (Å²) in [6.07, 6.45) is 2.95. The number of hydrogen-bond donors (Lipinski definition) is 2. The molecule has 0 aliphatic rings. The molecule has 0 aliphatic carbocycles. The minimum absolute atomic E-state index is 0.328. The molecule has 3 rings (SSSR count). The molecule has 2 aromatic heterocycles. The second-order valence-corrected chi connectivity index (χ2v) is 5.51. The van der Waals surface area contributed by atoms with Crippen molar-refractivity contribution < 1.29 is 9.53 Å². The number of aromatic nitrogens is 4. The Morgan fingerprint density at radius 1 is 1.23 bits per heavy atom. The van der Waals surface area contributed by atoms with Crippen LogP contribution in [-0.4, -0.2) is 33.0 Å². The summed E-state index contributed by atoms with van der Waals surface area (Å²) in [4.78, 5) is 39.5. The zero-order valence-electron chi connectivity index (χ0n) is 14.3. The number of ether oxygens (including phenoxy) is 1. The van der Waals surface area contributed by atoms with Gasteiger partial charge in [-0.15, -0.1) is 0 Å². The maximum atomic E-state index is 12.5. The zero-order chi connectivity index (χ0) is 18.5. The molecule has 1 amide bonds. The molecule has 8 nitrogen and oxygen atoms in total. The van der Waals surface area contributed by atoms with Crippen LogP contribution in [0.4, 0.5) is 0 Å². The van der Waals surface area contributed by atoms with Gasteiger partial charge in [0.15, 0.2) is 0 Å². The van der Waals surface area contributed by atoms with E-state index in [1.54, 1.807) is 43.5 Å². The van der Waals surface area contributed by atoms with Crippen molar-refractivity contribution in [1.29, 1.82) is 0 Å². The van der Waals surface area contributed by atoms with E-state index >= 15 is 0 Å². The highest BCUT2D eigenvalue weighted by Gasteiger charge is 2.17. The normalized spacial score (nSPS) is 11.6. The number of rotatable bonds is 5. The Morgan fingerprint density at radius 3 is 2.77 bits per heavy atom. The third kappa shape index (κ3) is 3.75. The van der Waals surface area contributed by atoms with Crippen LogP contribution in [-0.2, 0) is 0 Å². The van der Waals surface area contributed by atoms with E-state index in [9.17, 15) is 9.59 Å². The Morgan fingerprint density at radius 2 is 2.04 bits per heavy atom. The molecule has 26 heavy (non-hydrogen) atoms. The highest BCUT2D eigenvalue weighted by molar-refractivity contribution is 5.97. The van der Waals surface area contributed by atoms with Gasteiger partial charge < -0.3 is 15.0 Å². The number of benzene rings is 1. The van der Waals surface area contributed by atoms with E-state index in [4.69, 9.17) is 4.74 Å². The van der Waals surface area contributed by atoms with Gasteiger partial charge in [0.1, 0.15) is 17.9 Å². The zero-order valence-corrected chi connectivity index (χ0v) is 14.3. The van der Waals surface area contributed by atoms with E-state index in [2.05, 4.69) is 25.3 Å². The number of amides is 1. The molecule has 1 unspecified atom stereocenters. The topological polar surface area (TPSA) is 110 Å². The average molecular weight is 351 g/mol. The number of carbonyl (C=O) groups excluding carboxylic acids is 1. The lowest BCUT2D eigenvalue weighted by Crippen LogP contribution is -2.29. The van der Waals surface area contributed by atoms with Gasteiger partial charge in [-0.1, -0.05) is 12.1 Å². The molecule has 0 radical (unpaired) electrons. The first-order valence-electron chi connectivity index (χ1n) is 7.90. The lowest BCUT2D eigenvalue weighted by molar-refractivity contribution is 0.0935. The van der Waals surface area contributed by atoms with Gasteiger partial charge in [0.05, 0.1) is 30.1 Å². The van der Waals surface area contributed by atoms with Gasteiger partial charge in [-0.25, -0.2) is 15.0 Å². The Bertz CT molecular complexity index is 972. The van der Waals surface area contributed by atoms with Crippen LogP contribution in [0, 0.1) is 0 Å². The summed E-state index contributed by atoms with van der Waals surface area (Å²) in [5.74, 6) is 0.466. The Kier molecular flexibility index (Phi) is 5.02. The number of aromatic amines is 1. The molecule has 0 spiro atoms. The molecule has 0 saturated carbocycles. The molecule has 1 atom stereocenters. The summed E-state index contributed by atoms with van der Waals surface area (Å²) >= 11 is 0. The molecule has 3 aromatic rings. The number of nitrogens with one attached hydrogen (secondary N) is 2. The fourth-order valence-electron chi connectivity index (χ4n) is 2.43. The van der Waals surface area contributed by atoms with Gasteiger partial charge >= 0.3 is 0 Å². The smallest absolute Gasteiger partial charge is 0.255 e. The predicted octanol–water partition coefficient (Wildman–Crippen LogP) is 1.73. The van der Waals surface area contributed by atoms with Gasteiger partial charge in [0.2, 0.25) is 0 Å². The van der Waals surface area contributed by atoms with Crippen LogP contribution in [0.25, 0.3) is 11.4 Å². The summed E-state index contributed by atoms with van der Waals surface area (Å²) in [7, 11) is 1.50. The van der Waals surface area contributed by atoms with Crippen LogP contribution in [0.2, 0.25) is 0 Å². The third-order valence-corrected chi connectivity index (χ3v) is 3.71. The van der Waals surface area contributed by atoms with Crippen molar-refractivity contribution in [2.45, 2.75) is 13.0 Å². The van der Waals surface area contributed by atoms with Crippen LogP contribution < -0.4 is 15.6 Å². The fourth-order valence-corrected chi connectivity index (χ4v) is 2.43. The van der Waals surface area contributed by atoms with Gasteiger partial charge in [-0.2, -0.15) is 0 Å². The minimum Gasteiger partial charge on any atom is -0.496 e. The Hall–Kier alpha value is -3.55. The van der Waals surface area contributed by atoms with Crippen LogP contribution in [0.3, 0.4) is 0 Å². The number of nitrogens with zero attached hydrogens (tertiary/aromatic N) is 3. The summed E-state index contributed by atoms with van der Waals surface area (Å²) in [5, 5.41) is 2.81. The van der Waals surface area contributed by atoms with E-state index in [0.717, 1.165) is 0 Å². The maximum absolute atomic E-state index is 12.5. The van der Waals surface area contributed by atoms with Crippen LogP contribution >= 0.6 is 0 Å². The van der Waals surface area contributed by atoms with Crippen LogP contribution in [0.1, 0.15) is 29.1 Å². The lowest BCUT2D eigenvalue weighted by atomic mass is 10.1. The quantitative estimate of drug-likeness (QED) is 0.724. The van der Waals surface area contributed by atoms with Crippen molar-refractivity contribution >= 4 is 5.91 Å². The molecule has 2 N–H and O–H groups in total. The van der Waals surface area contributed by atoms with Crippen LogP contribution in [0.5, 0.6) is 5.75 Å². The van der Waals surface area contributed by atoms with Crippen molar-refractivity contribution in [2.24, 2.45) is 0 Å². The largest absolute Gasteiger partial charge is 0.496 e. The Labute approximate surface area is 149 Å². The molecule has 2 heterocycles. The van der Waals surface area contributed by atoms with E-state index in [1.165, 1.54) is 19.5 Å². The van der Waals surface area contributed by atoms with Gasteiger partial charge in [0, 0.05) is 12.3 Å². The fraction of sp³-hybridized carbons (Fsp3) is 0.167. The van der Waals surface area contributed by atoms with Crippen molar-refractivity contribution in [3.8, 4) is 17.1 Å². The number of para-hydroxylation sites is 1. The van der Waals surface area contributed by atoms with Crippen LogP contribution in [0.15, 0.2) is 53.7 Å². The van der Waals surface area contributed by atoms with Gasteiger partial charge in [-0.3, -0.25) is 9.59 Å². The molecule has 8 heteroatoms. The van der Waals surface area contributed by atoms with Crippen molar-refractivity contribution in [3.05, 3.63) is 70.7 Å². The SMILES string of the molecule is COc1ccccc1C(=O)NC(C)c1nc(-c2ccncn2)cc(=O)[nH]1. The number of methoxy groups -OCH3 is 1. The monoisotopic (exact) mass is 351 g/mol. The first-order chi connectivity index (χ1) is 12.6. The van der Waals surface area contributed by atoms with E-state index in [-0.39, 0.29) is 11.5 Å². The molecule has 132 valence electrons. The number of hydrogen-bond acceptors (Lipinski definition) is 6. The standard InChI is InChI=1S/C18H17N5O3/c1-11(21-18(25)12-5-3-4-6-15(12)26-2)17-22-14(9-16(24)23-17)13-7-8-19-10-20-13/h3-11H,1-2H3,(H,21,25)(H,22,23,24). The second kappa shape index (κ2) is 7.56. The second-order valence-electron chi connectivity index (χ2n) is 5.51. The van der Waals surface area contributed by atoms with Gasteiger partial charge in [0.25, 0.3) is 11.5 Å². The molecule has 0 aliphatic heterocycles. The van der Waals surface area contributed by atoms with Gasteiger partial charge in [-0.05, 0) is 25.1 Å².